The molecule has 0 saturated carbocycles. The van der Waals surface area contributed by atoms with Crippen LogP contribution in [0, 0.1) is 11.6 Å². The van der Waals surface area contributed by atoms with Crippen molar-refractivity contribution in [3.63, 3.8) is 0 Å². The lowest BCUT2D eigenvalue weighted by atomic mass is 10.2. The van der Waals surface area contributed by atoms with Gasteiger partial charge in [-0.15, -0.1) is 0 Å². The van der Waals surface area contributed by atoms with Gasteiger partial charge in [0.2, 0.25) is 0 Å². The van der Waals surface area contributed by atoms with Crippen LogP contribution in [0.1, 0.15) is 5.56 Å². The Morgan fingerprint density at radius 2 is 1.70 bits per heavy atom. The molecule has 0 aromatic heterocycles. The second-order valence-electron chi connectivity index (χ2n) is 3.93. The number of halogens is 4. The fourth-order valence-electron chi connectivity index (χ4n) is 1.60. The van der Waals surface area contributed by atoms with E-state index in [0.29, 0.717) is 5.69 Å². The molecule has 0 aliphatic heterocycles. The molecule has 0 atom stereocenters. The number of benzene rings is 2. The minimum absolute atomic E-state index is 0.0353. The number of rotatable bonds is 3. The summed E-state index contributed by atoms with van der Waals surface area (Å²) in [4.78, 5) is -0.0353. The maximum atomic E-state index is 13.7. The van der Waals surface area contributed by atoms with Crippen molar-refractivity contribution in [2.24, 2.45) is 5.73 Å². The Morgan fingerprint density at radius 1 is 1.10 bits per heavy atom. The summed E-state index contributed by atoms with van der Waals surface area (Å²) in [6.45, 7) is 0. The first-order valence-electron chi connectivity index (χ1n) is 5.39. The molecule has 0 spiro atoms. The van der Waals surface area contributed by atoms with Gasteiger partial charge in [0.25, 0.3) is 0 Å². The minimum atomic E-state index is -0.572. The Balaban J connectivity index is 2.36. The number of thiocarbonyl (C=S) groups is 1. The highest BCUT2D eigenvalue weighted by atomic mass is 35.5. The van der Waals surface area contributed by atoms with Gasteiger partial charge in [-0.2, -0.15) is 0 Å². The van der Waals surface area contributed by atoms with Gasteiger partial charge in [-0.1, -0.05) is 35.4 Å². The van der Waals surface area contributed by atoms with E-state index in [-0.39, 0.29) is 26.3 Å². The summed E-state index contributed by atoms with van der Waals surface area (Å²) >= 11 is 16.5. The van der Waals surface area contributed by atoms with Gasteiger partial charge in [0.15, 0.2) is 0 Å². The molecule has 0 aliphatic carbocycles. The SMILES string of the molecule is NC(=S)c1ccc(Nc2c(Cl)cc(F)cc2Cl)cc1F. The number of nitrogens with one attached hydrogen (secondary N) is 1. The van der Waals surface area contributed by atoms with Crippen molar-refractivity contribution < 1.29 is 8.78 Å². The molecule has 0 heterocycles. The van der Waals surface area contributed by atoms with E-state index in [2.05, 4.69) is 5.32 Å². The monoisotopic (exact) mass is 332 g/mol. The van der Waals surface area contributed by atoms with E-state index >= 15 is 0 Å². The zero-order valence-corrected chi connectivity index (χ0v) is 12.2. The smallest absolute Gasteiger partial charge is 0.135 e. The molecule has 0 saturated heterocycles. The quantitative estimate of drug-likeness (QED) is 0.803. The third kappa shape index (κ3) is 3.17. The lowest BCUT2D eigenvalue weighted by Crippen LogP contribution is -2.11. The van der Waals surface area contributed by atoms with Crippen LogP contribution in [0.25, 0.3) is 0 Å². The van der Waals surface area contributed by atoms with Gasteiger partial charge in [-0.25, -0.2) is 8.78 Å². The highest BCUT2D eigenvalue weighted by molar-refractivity contribution is 7.80. The topological polar surface area (TPSA) is 38.0 Å². The molecule has 2 aromatic carbocycles. The van der Waals surface area contributed by atoms with Crippen molar-refractivity contribution in [3.8, 4) is 0 Å². The van der Waals surface area contributed by atoms with E-state index in [1.807, 2.05) is 0 Å². The maximum absolute atomic E-state index is 13.7. The molecule has 0 fully saturated rings. The molecule has 2 rings (SSSR count). The van der Waals surface area contributed by atoms with Crippen molar-refractivity contribution in [3.05, 3.63) is 57.6 Å². The van der Waals surface area contributed by atoms with Gasteiger partial charge >= 0.3 is 0 Å². The molecule has 0 unspecified atom stereocenters. The van der Waals surface area contributed by atoms with Crippen LogP contribution in [0.2, 0.25) is 10.0 Å². The van der Waals surface area contributed by atoms with E-state index in [4.69, 9.17) is 41.2 Å². The molecule has 104 valence electrons. The molecule has 2 nitrogen and oxygen atoms in total. The molecule has 2 aromatic rings. The number of anilines is 2. The van der Waals surface area contributed by atoms with Crippen molar-refractivity contribution in [1.82, 2.24) is 0 Å². The second kappa shape index (κ2) is 5.91. The van der Waals surface area contributed by atoms with Crippen molar-refractivity contribution in [1.29, 1.82) is 0 Å². The Labute approximate surface area is 129 Å². The minimum Gasteiger partial charge on any atom is -0.389 e. The molecule has 0 bridgehead atoms. The standard InChI is InChI=1S/C13H8Cl2F2N2S/c14-9-3-6(16)4-10(15)12(9)19-7-1-2-8(13(18)20)11(17)5-7/h1-5,19H,(H2,18,20). The van der Waals surface area contributed by atoms with Crippen LogP contribution in [-0.4, -0.2) is 4.99 Å². The van der Waals surface area contributed by atoms with Gasteiger partial charge in [0.05, 0.1) is 15.7 Å². The second-order valence-corrected chi connectivity index (χ2v) is 5.18. The van der Waals surface area contributed by atoms with E-state index in [1.165, 1.54) is 12.1 Å². The summed E-state index contributed by atoms with van der Waals surface area (Å²) in [6.07, 6.45) is 0. The zero-order valence-electron chi connectivity index (χ0n) is 9.88. The molecule has 0 amide bonds. The van der Waals surface area contributed by atoms with Crippen LogP contribution in [-0.2, 0) is 0 Å². The van der Waals surface area contributed by atoms with Crippen LogP contribution in [0.4, 0.5) is 20.2 Å². The molecule has 0 radical (unpaired) electrons. The summed E-state index contributed by atoms with van der Waals surface area (Å²) in [5.41, 5.74) is 6.19. The first-order chi connectivity index (χ1) is 9.38. The van der Waals surface area contributed by atoms with Gasteiger partial charge in [-0.05, 0) is 30.3 Å². The van der Waals surface area contributed by atoms with Crippen LogP contribution >= 0.6 is 35.4 Å². The summed E-state index contributed by atoms with van der Waals surface area (Å²) in [5, 5.41) is 3.00. The zero-order chi connectivity index (χ0) is 14.9. The Morgan fingerprint density at radius 3 is 2.20 bits per heavy atom. The fraction of sp³-hybridized carbons (Fsp3) is 0. The predicted molar refractivity (Wildman–Crippen MR) is 82.0 cm³/mol. The average molecular weight is 333 g/mol. The Kier molecular flexibility index (Phi) is 4.42. The van der Waals surface area contributed by atoms with Crippen molar-refractivity contribution >= 4 is 51.8 Å². The molecule has 3 N–H and O–H groups in total. The molecular formula is C13H8Cl2F2N2S. The summed E-state index contributed by atoms with van der Waals surface area (Å²) in [6, 6.07) is 6.41. The van der Waals surface area contributed by atoms with Gasteiger partial charge in [0, 0.05) is 11.3 Å². The highest BCUT2D eigenvalue weighted by Gasteiger charge is 2.11. The lowest BCUT2D eigenvalue weighted by Gasteiger charge is -2.11. The van der Waals surface area contributed by atoms with E-state index in [1.54, 1.807) is 6.07 Å². The third-order valence-electron chi connectivity index (χ3n) is 2.51. The van der Waals surface area contributed by atoms with E-state index < -0.39 is 11.6 Å². The van der Waals surface area contributed by atoms with Crippen molar-refractivity contribution in [2.75, 3.05) is 5.32 Å². The van der Waals surface area contributed by atoms with E-state index in [9.17, 15) is 8.78 Å². The highest BCUT2D eigenvalue weighted by Crippen LogP contribution is 2.34. The van der Waals surface area contributed by atoms with Gasteiger partial charge in [0.1, 0.15) is 16.6 Å². The molecule has 0 aliphatic rings. The molecule has 20 heavy (non-hydrogen) atoms. The van der Waals surface area contributed by atoms with Crippen LogP contribution < -0.4 is 11.1 Å². The number of hydrogen-bond donors (Lipinski definition) is 2. The van der Waals surface area contributed by atoms with E-state index in [0.717, 1.165) is 12.1 Å². The molecule has 7 heteroatoms. The Hall–Kier alpha value is -1.43. The lowest BCUT2D eigenvalue weighted by molar-refractivity contribution is 0.625. The third-order valence-corrected chi connectivity index (χ3v) is 3.33. The molecular weight excluding hydrogens is 325 g/mol. The summed E-state index contributed by atoms with van der Waals surface area (Å²) in [5.74, 6) is -1.13. The maximum Gasteiger partial charge on any atom is 0.135 e. The van der Waals surface area contributed by atoms with Crippen molar-refractivity contribution in [2.45, 2.75) is 0 Å². The van der Waals surface area contributed by atoms with Crippen LogP contribution in [0.3, 0.4) is 0 Å². The number of hydrogen-bond acceptors (Lipinski definition) is 2. The van der Waals surface area contributed by atoms with Gasteiger partial charge < -0.3 is 11.1 Å². The predicted octanol–water partition coefficient (Wildman–Crippen LogP) is 4.65. The van der Waals surface area contributed by atoms with Gasteiger partial charge in [-0.3, -0.25) is 0 Å². The van der Waals surface area contributed by atoms with Crippen LogP contribution in [0.5, 0.6) is 0 Å². The summed E-state index contributed by atoms with van der Waals surface area (Å²) < 4.78 is 26.8. The normalized spacial score (nSPS) is 10.4. The number of nitrogens with two attached hydrogens (primary N) is 1. The average Bonchev–Trinajstić information content (AvgIpc) is 2.33. The fourth-order valence-corrected chi connectivity index (χ4v) is 2.32. The largest absolute Gasteiger partial charge is 0.389 e. The first kappa shape index (κ1) is 15.0. The Bertz CT molecular complexity index is 669. The summed E-state index contributed by atoms with van der Waals surface area (Å²) in [7, 11) is 0. The van der Waals surface area contributed by atoms with Crippen LogP contribution in [0.15, 0.2) is 30.3 Å². The first-order valence-corrected chi connectivity index (χ1v) is 6.56.